The van der Waals surface area contributed by atoms with Gasteiger partial charge < -0.3 is 69.5 Å². The number of unbranched alkanes of at least 4 members (excludes halogenated alkanes) is 2. The highest BCUT2D eigenvalue weighted by atomic mass is 16.8. The smallest absolute Gasteiger partial charge is 0.305 e. The average Bonchev–Trinajstić information content (AvgIpc) is 3.02. The summed E-state index contributed by atoms with van der Waals surface area (Å²) in [6.45, 7) is 4.89. The van der Waals surface area contributed by atoms with Crippen molar-refractivity contribution in [3.8, 4) is 0 Å². The molecule has 18 heteroatoms. The average molecular weight is 666 g/mol. The van der Waals surface area contributed by atoms with E-state index in [9.17, 15) is 39.6 Å². The maximum atomic E-state index is 11.5. The molecular formula is C28H47N3O15. The number of aliphatic hydroxyl groups excluding tert-OH is 4. The third-order valence-electron chi connectivity index (χ3n) is 8.40. The number of amides is 3. The number of nitrogens with one attached hydrogen (secondary N) is 3. The van der Waals surface area contributed by atoms with Crippen LogP contribution in [0.25, 0.3) is 0 Å². The molecule has 0 unspecified atom stereocenters. The number of carbonyl (C=O) groups is 4. The minimum absolute atomic E-state index is 0.173. The van der Waals surface area contributed by atoms with Gasteiger partial charge in [0.1, 0.15) is 36.6 Å². The first-order valence-corrected chi connectivity index (χ1v) is 15.3. The third kappa shape index (κ3) is 9.30. The van der Waals surface area contributed by atoms with Crippen LogP contribution in [-0.4, -0.2) is 151 Å². The Kier molecular flexibility index (Phi) is 15.0. The summed E-state index contributed by atoms with van der Waals surface area (Å²) in [7, 11) is 1.32. The maximum Gasteiger partial charge on any atom is 0.305 e. The first kappa shape index (κ1) is 37.9. The van der Waals surface area contributed by atoms with Gasteiger partial charge in [-0.1, -0.05) is 6.42 Å². The van der Waals surface area contributed by atoms with Gasteiger partial charge in [-0.15, -0.1) is 0 Å². The van der Waals surface area contributed by atoms with E-state index < -0.39 is 91.9 Å². The molecule has 7 N–H and O–H groups in total. The number of hydrogen-bond donors (Lipinski definition) is 7. The van der Waals surface area contributed by atoms with Gasteiger partial charge in [0.15, 0.2) is 18.9 Å². The minimum Gasteiger partial charge on any atom is -0.469 e. The standard InChI is InChI=1S/C28H47N3O15/c1-13-17(29-10-32)20(36)22(38)27(43-13)46-25-21(37)18(30-11-33)14(2)44-28(25)45-24-19(31-12-34)15(3)42-26(23(24)39)41-9-7-5-6-8-16(35)40-4/h10-15,17-28,36-39H,5-9H2,1-4H3,(H,29,32)(H,30,33)(H,31,34)/t13-,14-,15-,17-,18-,19-,20+,21+,22+,23+,24+,25+,26+,27-,28-/m1/s1. The molecule has 18 nitrogen and oxygen atoms in total. The van der Waals surface area contributed by atoms with Gasteiger partial charge in [-0.05, 0) is 33.6 Å². The van der Waals surface area contributed by atoms with Crippen molar-refractivity contribution in [3.63, 3.8) is 0 Å². The zero-order chi connectivity index (χ0) is 34.0. The molecule has 0 saturated carbocycles. The molecular weight excluding hydrogens is 618 g/mol. The lowest BCUT2D eigenvalue weighted by atomic mass is 9.94. The molecule has 0 aliphatic carbocycles. The Balaban J connectivity index is 1.79. The molecule has 0 spiro atoms. The van der Waals surface area contributed by atoms with E-state index in [1.807, 2.05) is 0 Å². The van der Waals surface area contributed by atoms with Crippen molar-refractivity contribution in [1.29, 1.82) is 0 Å². The zero-order valence-corrected chi connectivity index (χ0v) is 26.2. The fraction of sp³-hybridized carbons (Fsp3) is 0.857. The lowest BCUT2D eigenvalue weighted by molar-refractivity contribution is -0.366. The van der Waals surface area contributed by atoms with Crippen LogP contribution in [0.3, 0.4) is 0 Å². The highest BCUT2D eigenvalue weighted by Crippen LogP contribution is 2.33. The second kappa shape index (κ2) is 18.1. The summed E-state index contributed by atoms with van der Waals surface area (Å²) in [4.78, 5) is 45.1. The lowest BCUT2D eigenvalue weighted by Crippen LogP contribution is -2.69. The summed E-state index contributed by atoms with van der Waals surface area (Å²) in [5.74, 6) is -0.316. The van der Waals surface area contributed by atoms with Crippen LogP contribution >= 0.6 is 0 Å². The summed E-state index contributed by atoms with van der Waals surface area (Å²) in [5, 5.41) is 51.4. The molecule has 3 heterocycles. The number of aliphatic hydroxyl groups is 4. The maximum absolute atomic E-state index is 11.5. The fourth-order valence-corrected chi connectivity index (χ4v) is 5.82. The molecule has 15 atom stereocenters. The van der Waals surface area contributed by atoms with E-state index in [-0.39, 0.29) is 19.0 Å². The number of esters is 1. The van der Waals surface area contributed by atoms with Gasteiger partial charge in [-0.25, -0.2) is 0 Å². The van der Waals surface area contributed by atoms with Gasteiger partial charge in [-0.2, -0.15) is 0 Å². The summed E-state index contributed by atoms with van der Waals surface area (Å²) >= 11 is 0. The Morgan fingerprint density at radius 1 is 0.652 bits per heavy atom. The predicted octanol–water partition coefficient (Wildman–Crippen LogP) is -3.47. The van der Waals surface area contributed by atoms with Gasteiger partial charge >= 0.3 is 5.97 Å². The van der Waals surface area contributed by atoms with Crippen molar-refractivity contribution in [3.05, 3.63) is 0 Å². The van der Waals surface area contributed by atoms with E-state index in [4.69, 9.17) is 28.4 Å². The number of methoxy groups -OCH3 is 1. The molecule has 3 aliphatic heterocycles. The van der Waals surface area contributed by atoms with Gasteiger partial charge in [0.05, 0.1) is 43.5 Å². The molecule has 0 bridgehead atoms. The van der Waals surface area contributed by atoms with Crippen LogP contribution in [0.2, 0.25) is 0 Å². The Morgan fingerprint density at radius 2 is 1.17 bits per heavy atom. The molecule has 0 aromatic rings. The molecule has 0 radical (unpaired) electrons. The Bertz CT molecular complexity index is 980. The van der Waals surface area contributed by atoms with E-state index in [0.29, 0.717) is 38.5 Å². The Labute approximate surface area is 266 Å². The SMILES string of the molecule is COC(=O)CCCCCO[C@H]1O[C@H](C)[C@@H](NC=O)[C@H](O[C@H]2O[C@H](C)[C@@H](NC=O)[C@H](O)[C@@H]2O[C@H]2O[C@H](C)[C@@H](NC=O)[C@H](O)[C@@H]2O)[C@@H]1O. The summed E-state index contributed by atoms with van der Waals surface area (Å²) in [5.41, 5.74) is 0. The second-order valence-corrected chi connectivity index (χ2v) is 11.5. The van der Waals surface area contributed by atoms with Gasteiger partial charge in [0, 0.05) is 13.0 Å². The van der Waals surface area contributed by atoms with E-state index in [2.05, 4.69) is 20.7 Å². The number of rotatable bonds is 17. The zero-order valence-electron chi connectivity index (χ0n) is 26.2. The predicted molar refractivity (Wildman–Crippen MR) is 152 cm³/mol. The van der Waals surface area contributed by atoms with Crippen LogP contribution in [0.1, 0.15) is 46.5 Å². The molecule has 3 rings (SSSR count). The van der Waals surface area contributed by atoms with E-state index in [1.165, 1.54) is 14.0 Å². The quantitative estimate of drug-likeness (QED) is 0.0453. The first-order valence-electron chi connectivity index (χ1n) is 15.3. The molecule has 264 valence electrons. The van der Waals surface area contributed by atoms with Crippen molar-refractivity contribution in [2.75, 3.05) is 13.7 Å². The normalized spacial score (nSPS) is 41.2. The van der Waals surface area contributed by atoms with Crippen LogP contribution < -0.4 is 16.0 Å². The second-order valence-electron chi connectivity index (χ2n) is 11.5. The number of carbonyl (C=O) groups excluding carboxylic acids is 4. The third-order valence-corrected chi connectivity index (χ3v) is 8.40. The summed E-state index contributed by atoms with van der Waals surface area (Å²) < 4.78 is 40.1. The van der Waals surface area contributed by atoms with Crippen molar-refractivity contribution < 1.29 is 72.8 Å². The minimum atomic E-state index is -1.69. The first-order chi connectivity index (χ1) is 22.0. The van der Waals surface area contributed by atoms with Gasteiger partial charge in [0.25, 0.3) is 0 Å². The highest BCUT2D eigenvalue weighted by Gasteiger charge is 2.53. The molecule has 46 heavy (non-hydrogen) atoms. The van der Waals surface area contributed by atoms with E-state index >= 15 is 0 Å². The molecule has 3 amide bonds. The number of ether oxygens (including phenoxy) is 7. The van der Waals surface area contributed by atoms with Crippen molar-refractivity contribution in [2.45, 2.75) is 138 Å². The largest absolute Gasteiger partial charge is 0.469 e. The van der Waals surface area contributed by atoms with Crippen LogP contribution in [0.5, 0.6) is 0 Å². The van der Waals surface area contributed by atoms with Crippen LogP contribution in [0.15, 0.2) is 0 Å². The van der Waals surface area contributed by atoms with E-state index in [1.54, 1.807) is 13.8 Å². The topological polar surface area (TPSA) is 250 Å². The Hall–Kier alpha value is -2.52. The summed E-state index contributed by atoms with van der Waals surface area (Å²) in [6.07, 6.45) is -12.4. The monoisotopic (exact) mass is 665 g/mol. The highest BCUT2D eigenvalue weighted by molar-refractivity contribution is 5.68. The molecule has 0 aromatic heterocycles. The van der Waals surface area contributed by atoms with Gasteiger partial charge in [0.2, 0.25) is 19.2 Å². The lowest BCUT2D eigenvalue weighted by Gasteiger charge is -2.49. The Morgan fingerprint density at radius 3 is 1.78 bits per heavy atom. The van der Waals surface area contributed by atoms with Crippen molar-refractivity contribution >= 4 is 25.2 Å². The van der Waals surface area contributed by atoms with Crippen molar-refractivity contribution in [1.82, 2.24) is 16.0 Å². The molecule has 3 aliphatic rings. The van der Waals surface area contributed by atoms with Crippen LogP contribution in [-0.2, 0) is 52.3 Å². The van der Waals surface area contributed by atoms with E-state index in [0.717, 1.165) is 0 Å². The van der Waals surface area contributed by atoms with Crippen LogP contribution in [0.4, 0.5) is 0 Å². The van der Waals surface area contributed by atoms with Crippen LogP contribution in [0, 0.1) is 0 Å². The molecule has 3 saturated heterocycles. The molecule has 3 fully saturated rings. The van der Waals surface area contributed by atoms with Gasteiger partial charge in [-0.3, -0.25) is 19.2 Å². The number of hydrogen-bond acceptors (Lipinski definition) is 15. The molecule has 0 aromatic carbocycles. The van der Waals surface area contributed by atoms with Crippen molar-refractivity contribution in [2.24, 2.45) is 0 Å². The summed E-state index contributed by atoms with van der Waals surface area (Å²) in [6, 6.07) is -2.90. The fourth-order valence-electron chi connectivity index (χ4n) is 5.82.